The first-order valence-electron chi connectivity index (χ1n) is 7.84. The van der Waals surface area contributed by atoms with Crippen LogP contribution in [0.15, 0.2) is 18.3 Å². The second kappa shape index (κ2) is 7.41. The van der Waals surface area contributed by atoms with Gasteiger partial charge in [0, 0.05) is 31.9 Å². The highest BCUT2D eigenvalue weighted by Gasteiger charge is 2.19. The Kier molecular flexibility index (Phi) is 5.56. The van der Waals surface area contributed by atoms with Crippen LogP contribution in [0.4, 0.5) is 5.82 Å². The summed E-state index contributed by atoms with van der Waals surface area (Å²) in [6, 6.07) is 4.04. The molecular formula is C16H26N4O. The number of piperidine rings is 1. The number of rotatable bonds is 5. The van der Waals surface area contributed by atoms with Crippen LogP contribution >= 0.6 is 0 Å². The minimum Gasteiger partial charge on any atom is -0.357 e. The van der Waals surface area contributed by atoms with Crippen molar-refractivity contribution in [3.05, 3.63) is 23.9 Å². The number of carbonyl (C=O) groups is 1. The summed E-state index contributed by atoms with van der Waals surface area (Å²) in [7, 11) is 2.10. The van der Waals surface area contributed by atoms with Gasteiger partial charge in [-0.1, -0.05) is 0 Å². The van der Waals surface area contributed by atoms with Crippen LogP contribution in [0.1, 0.15) is 37.0 Å². The molecule has 1 aromatic rings. The number of likely N-dealkylation sites (N-methyl/N-ethyl adjacent to an activating group) is 1. The number of pyridine rings is 1. The third-order valence-electron chi connectivity index (χ3n) is 4.06. The number of amides is 1. The number of nitrogens with zero attached hydrogens (tertiary/aromatic N) is 3. The lowest BCUT2D eigenvalue weighted by Crippen LogP contribution is -2.46. The van der Waals surface area contributed by atoms with E-state index in [2.05, 4.69) is 41.0 Å². The van der Waals surface area contributed by atoms with Crippen LogP contribution in [0.2, 0.25) is 0 Å². The zero-order chi connectivity index (χ0) is 15.2. The van der Waals surface area contributed by atoms with Gasteiger partial charge in [-0.25, -0.2) is 4.98 Å². The Hall–Kier alpha value is -1.62. The Morgan fingerprint density at radius 2 is 2.19 bits per heavy atom. The number of carbonyl (C=O) groups excluding carboxylic acids is 1. The van der Waals surface area contributed by atoms with Crippen molar-refractivity contribution < 1.29 is 4.79 Å². The molecule has 0 aromatic carbocycles. The summed E-state index contributed by atoms with van der Waals surface area (Å²) in [4.78, 5) is 21.1. The van der Waals surface area contributed by atoms with Gasteiger partial charge in [0.05, 0.1) is 5.56 Å². The van der Waals surface area contributed by atoms with Crippen LogP contribution < -0.4 is 10.2 Å². The smallest absolute Gasteiger partial charge is 0.253 e. The van der Waals surface area contributed by atoms with E-state index in [1.807, 2.05) is 12.1 Å². The minimum atomic E-state index is -0.0195. The first-order valence-corrected chi connectivity index (χ1v) is 7.84. The summed E-state index contributed by atoms with van der Waals surface area (Å²) in [5, 5.41) is 3.11. The molecule has 0 bridgehead atoms. The van der Waals surface area contributed by atoms with Crippen molar-refractivity contribution in [1.82, 2.24) is 15.2 Å². The molecule has 0 saturated carbocycles. The molecule has 1 aromatic heterocycles. The third-order valence-corrected chi connectivity index (χ3v) is 4.06. The molecule has 1 amide bonds. The Labute approximate surface area is 127 Å². The molecule has 116 valence electrons. The van der Waals surface area contributed by atoms with Crippen molar-refractivity contribution in [3.63, 3.8) is 0 Å². The highest BCUT2D eigenvalue weighted by Crippen LogP contribution is 2.12. The summed E-state index contributed by atoms with van der Waals surface area (Å²) >= 11 is 0. The first kappa shape index (κ1) is 15.8. The second-order valence-corrected chi connectivity index (χ2v) is 5.65. The summed E-state index contributed by atoms with van der Waals surface area (Å²) in [5.74, 6) is 0.905. The van der Waals surface area contributed by atoms with E-state index in [0.29, 0.717) is 5.56 Å². The predicted octanol–water partition coefficient (Wildman–Crippen LogP) is 1.75. The molecule has 1 fully saturated rings. The van der Waals surface area contributed by atoms with E-state index < -0.39 is 0 Å². The molecule has 0 aliphatic carbocycles. The molecular weight excluding hydrogens is 264 g/mol. The largest absolute Gasteiger partial charge is 0.357 e. The van der Waals surface area contributed by atoms with E-state index in [9.17, 15) is 4.79 Å². The van der Waals surface area contributed by atoms with Crippen molar-refractivity contribution in [1.29, 1.82) is 0 Å². The second-order valence-electron chi connectivity index (χ2n) is 5.65. The van der Waals surface area contributed by atoms with Gasteiger partial charge < -0.3 is 15.1 Å². The summed E-state index contributed by atoms with van der Waals surface area (Å²) < 4.78 is 0. The zero-order valence-corrected chi connectivity index (χ0v) is 13.3. The molecule has 1 atom stereocenters. The topological polar surface area (TPSA) is 48.5 Å². The zero-order valence-electron chi connectivity index (χ0n) is 13.3. The SMILES string of the molecule is CCN(CC)c1ccc(C(=O)N[C@@H]2CCCN(C)C2)cn1. The molecule has 0 radical (unpaired) electrons. The molecule has 1 N–H and O–H groups in total. The van der Waals surface area contributed by atoms with Crippen molar-refractivity contribution in [2.24, 2.45) is 0 Å². The average Bonchev–Trinajstić information content (AvgIpc) is 2.49. The maximum absolute atomic E-state index is 12.3. The standard InChI is InChI=1S/C16H26N4O/c1-4-20(5-2)15-9-8-13(11-17-15)16(21)18-14-7-6-10-19(3)12-14/h8-9,11,14H,4-7,10,12H2,1-3H3,(H,18,21)/t14-/m1/s1. The maximum Gasteiger partial charge on any atom is 0.253 e. The lowest BCUT2D eigenvalue weighted by molar-refractivity contribution is 0.0912. The molecule has 5 nitrogen and oxygen atoms in total. The van der Waals surface area contributed by atoms with Gasteiger partial charge in [0.1, 0.15) is 5.82 Å². The molecule has 21 heavy (non-hydrogen) atoms. The molecule has 1 aliphatic heterocycles. The number of anilines is 1. The van der Waals surface area contributed by atoms with E-state index in [4.69, 9.17) is 0 Å². The fourth-order valence-corrected chi connectivity index (χ4v) is 2.81. The van der Waals surface area contributed by atoms with Crippen LogP contribution in [0.25, 0.3) is 0 Å². The van der Waals surface area contributed by atoms with Gasteiger partial charge in [-0.05, 0) is 52.4 Å². The number of likely N-dealkylation sites (tertiary alicyclic amines) is 1. The molecule has 5 heteroatoms. The molecule has 1 aliphatic rings. The van der Waals surface area contributed by atoms with Gasteiger partial charge >= 0.3 is 0 Å². The van der Waals surface area contributed by atoms with Crippen LogP contribution in [-0.2, 0) is 0 Å². The number of hydrogen-bond donors (Lipinski definition) is 1. The summed E-state index contributed by atoms with van der Waals surface area (Å²) in [6.45, 7) is 8.09. The van der Waals surface area contributed by atoms with Gasteiger partial charge in [-0.15, -0.1) is 0 Å². The Morgan fingerprint density at radius 3 is 2.76 bits per heavy atom. The molecule has 0 unspecified atom stereocenters. The monoisotopic (exact) mass is 290 g/mol. The average molecular weight is 290 g/mol. The van der Waals surface area contributed by atoms with E-state index >= 15 is 0 Å². The van der Waals surface area contributed by atoms with Crippen LogP contribution in [0.3, 0.4) is 0 Å². The quantitative estimate of drug-likeness (QED) is 0.897. The fourth-order valence-electron chi connectivity index (χ4n) is 2.81. The Morgan fingerprint density at radius 1 is 1.43 bits per heavy atom. The van der Waals surface area contributed by atoms with Crippen LogP contribution in [0, 0.1) is 0 Å². The normalized spacial score (nSPS) is 19.3. The van der Waals surface area contributed by atoms with Crippen molar-refractivity contribution in [2.75, 3.05) is 38.1 Å². The third kappa shape index (κ3) is 4.17. The van der Waals surface area contributed by atoms with Gasteiger partial charge in [0.2, 0.25) is 0 Å². The summed E-state index contributed by atoms with van der Waals surface area (Å²) in [6.07, 6.45) is 3.87. The lowest BCUT2D eigenvalue weighted by atomic mass is 10.1. The molecule has 2 rings (SSSR count). The van der Waals surface area contributed by atoms with Crippen molar-refractivity contribution >= 4 is 11.7 Å². The van der Waals surface area contributed by atoms with Gasteiger partial charge in [-0.3, -0.25) is 4.79 Å². The van der Waals surface area contributed by atoms with Crippen LogP contribution in [0.5, 0.6) is 0 Å². The first-order chi connectivity index (χ1) is 10.1. The maximum atomic E-state index is 12.3. The Balaban J connectivity index is 1.96. The van der Waals surface area contributed by atoms with Gasteiger partial charge in [0.15, 0.2) is 0 Å². The van der Waals surface area contributed by atoms with Gasteiger partial charge in [-0.2, -0.15) is 0 Å². The fraction of sp³-hybridized carbons (Fsp3) is 0.625. The van der Waals surface area contributed by atoms with Crippen LogP contribution in [-0.4, -0.2) is 55.1 Å². The number of hydrogen-bond acceptors (Lipinski definition) is 4. The Bertz CT molecular complexity index is 456. The van der Waals surface area contributed by atoms with Crippen molar-refractivity contribution in [2.45, 2.75) is 32.7 Å². The predicted molar refractivity (Wildman–Crippen MR) is 85.8 cm³/mol. The molecule has 0 spiro atoms. The van der Waals surface area contributed by atoms with Gasteiger partial charge in [0.25, 0.3) is 5.91 Å². The van der Waals surface area contributed by atoms with E-state index in [0.717, 1.165) is 44.8 Å². The number of aromatic nitrogens is 1. The number of nitrogens with one attached hydrogen (secondary N) is 1. The highest BCUT2D eigenvalue weighted by atomic mass is 16.1. The summed E-state index contributed by atoms with van der Waals surface area (Å²) in [5.41, 5.74) is 0.638. The van der Waals surface area contributed by atoms with E-state index in [1.165, 1.54) is 0 Å². The lowest BCUT2D eigenvalue weighted by Gasteiger charge is -2.30. The van der Waals surface area contributed by atoms with E-state index in [1.54, 1.807) is 6.20 Å². The molecule has 1 saturated heterocycles. The highest BCUT2D eigenvalue weighted by molar-refractivity contribution is 5.94. The van der Waals surface area contributed by atoms with E-state index in [-0.39, 0.29) is 11.9 Å². The minimum absolute atomic E-state index is 0.0195. The molecule has 2 heterocycles. The van der Waals surface area contributed by atoms with Crippen molar-refractivity contribution in [3.8, 4) is 0 Å².